The summed E-state index contributed by atoms with van der Waals surface area (Å²) in [5, 5.41) is 6.30. The third-order valence-corrected chi connectivity index (χ3v) is 6.89. The predicted octanol–water partition coefficient (Wildman–Crippen LogP) is 3.98. The molecule has 2 unspecified atom stereocenters. The monoisotopic (exact) mass is 474 g/mol. The Bertz CT molecular complexity index is 1020. The molecule has 2 aliphatic rings. The summed E-state index contributed by atoms with van der Waals surface area (Å²) in [5.41, 5.74) is 1.12. The van der Waals surface area contributed by atoms with Crippen molar-refractivity contribution in [3.8, 4) is 11.1 Å². The number of benzene rings is 2. The molecule has 0 radical (unpaired) electrons. The fourth-order valence-corrected chi connectivity index (χ4v) is 4.65. The smallest absolute Gasteiger partial charge is 0.347 e. The Labute approximate surface area is 197 Å². The summed E-state index contributed by atoms with van der Waals surface area (Å²) < 4.78 is 38.3. The molecule has 2 saturated heterocycles. The fraction of sp³-hybridized carbons (Fsp3) is 0.440. The van der Waals surface area contributed by atoms with Crippen LogP contribution in [-0.4, -0.2) is 66.5 Å². The van der Waals surface area contributed by atoms with E-state index in [9.17, 15) is 22.8 Å². The maximum Gasteiger partial charge on any atom is 0.416 e. The number of carbonyl (C=O) groups is 2. The molecule has 0 bridgehead atoms. The number of likely N-dealkylation sites (tertiary alicyclic amines) is 1. The van der Waals surface area contributed by atoms with E-state index >= 15 is 0 Å². The van der Waals surface area contributed by atoms with Crippen LogP contribution < -0.4 is 10.6 Å². The third-order valence-electron chi connectivity index (χ3n) is 6.89. The normalized spacial score (nSPS) is 22.6. The van der Waals surface area contributed by atoms with E-state index in [1.807, 2.05) is 18.9 Å². The highest BCUT2D eigenvalue weighted by Gasteiger charge is 2.37. The van der Waals surface area contributed by atoms with Gasteiger partial charge in [-0.05, 0) is 61.7 Å². The number of alkyl halides is 3. The highest BCUT2D eigenvalue weighted by molar-refractivity contribution is 5.95. The standard InChI is InChI=1S/C25H29F3N4O2/c1-16-22(12-14-32(16)24(34)31(2)21-11-13-29-15-21)30-23(33)19-5-3-17(4-6-19)18-7-9-20(10-8-18)25(26,27)28/h3-10,16,21-22,29H,11-15H2,1-2H3,(H,30,33)/t16?,21-,22?/m1/s1. The van der Waals surface area contributed by atoms with Crippen molar-refractivity contribution in [2.45, 2.75) is 44.1 Å². The zero-order valence-electron chi connectivity index (χ0n) is 19.2. The van der Waals surface area contributed by atoms with Crippen LogP contribution in [0.2, 0.25) is 0 Å². The second-order valence-electron chi connectivity index (χ2n) is 9.00. The highest BCUT2D eigenvalue weighted by atomic mass is 19.4. The minimum Gasteiger partial charge on any atom is -0.347 e. The molecule has 2 aliphatic heterocycles. The van der Waals surface area contributed by atoms with Crippen LogP contribution in [-0.2, 0) is 6.18 Å². The van der Waals surface area contributed by atoms with Gasteiger partial charge in [0.05, 0.1) is 17.6 Å². The molecule has 0 spiro atoms. The number of likely N-dealkylation sites (N-methyl/N-ethyl adjacent to an activating group) is 1. The molecule has 3 atom stereocenters. The Kier molecular flexibility index (Phi) is 6.84. The molecule has 2 fully saturated rings. The molecule has 0 saturated carbocycles. The molecule has 2 aromatic rings. The Morgan fingerprint density at radius 3 is 2.21 bits per heavy atom. The van der Waals surface area contributed by atoms with Crippen LogP contribution in [0.4, 0.5) is 18.0 Å². The maximum atomic E-state index is 12.9. The van der Waals surface area contributed by atoms with Crippen LogP contribution in [0.25, 0.3) is 11.1 Å². The largest absolute Gasteiger partial charge is 0.416 e. The van der Waals surface area contributed by atoms with Gasteiger partial charge in [0.25, 0.3) is 5.91 Å². The van der Waals surface area contributed by atoms with E-state index in [1.165, 1.54) is 12.1 Å². The minimum absolute atomic E-state index is 0.0150. The van der Waals surface area contributed by atoms with Crippen LogP contribution in [0.1, 0.15) is 35.7 Å². The van der Waals surface area contributed by atoms with Crippen LogP contribution in [0, 0.1) is 0 Å². The summed E-state index contributed by atoms with van der Waals surface area (Å²) in [4.78, 5) is 29.4. The van der Waals surface area contributed by atoms with Crippen LogP contribution in [0.3, 0.4) is 0 Å². The second-order valence-corrected chi connectivity index (χ2v) is 9.00. The molecule has 182 valence electrons. The predicted molar refractivity (Wildman–Crippen MR) is 123 cm³/mol. The summed E-state index contributed by atoms with van der Waals surface area (Å²) in [6, 6.07) is 11.6. The number of hydrogen-bond acceptors (Lipinski definition) is 3. The van der Waals surface area contributed by atoms with E-state index in [4.69, 9.17) is 0 Å². The number of rotatable bonds is 4. The van der Waals surface area contributed by atoms with Crippen molar-refractivity contribution in [3.05, 3.63) is 59.7 Å². The molecular weight excluding hydrogens is 445 g/mol. The van der Waals surface area contributed by atoms with E-state index in [0.717, 1.165) is 37.2 Å². The highest BCUT2D eigenvalue weighted by Crippen LogP contribution is 2.31. The van der Waals surface area contributed by atoms with Gasteiger partial charge in [-0.3, -0.25) is 4.79 Å². The number of halogens is 3. The van der Waals surface area contributed by atoms with E-state index in [0.29, 0.717) is 24.1 Å². The van der Waals surface area contributed by atoms with Crippen molar-refractivity contribution in [1.82, 2.24) is 20.4 Å². The quantitative estimate of drug-likeness (QED) is 0.705. The Morgan fingerprint density at radius 2 is 1.65 bits per heavy atom. The molecule has 2 aromatic carbocycles. The van der Waals surface area contributed by atoms with Crippen molar-refractivity contribution < 1.29 is 22.8 Å². The summed E-state index contributed by atoms with van der Waals surface area (Å²) >= 11 is 0. The summed E-state index contributed by atoms with van der Waals surface area (Å²) in [5.74, 6) is -0.238. The number of nitrogens with zero attached hydrogens (tertiary/aromatic N) is 2. The Hall–Kier alpha value is -3.07. The van der Waals surface area contributed by atoms with Crippen LogP contribution in [0.15, 0.2) is 48.5 Å². The SMILES string of the molecule is CC1C(NC(=O)c2ccc(-c3ccc(C(F)(F)F)cc3)cc2)CCN1C(=O)N(C)[C@@H]1CCNC1. The molecule has 2 N–H and O–H groups in total. The molecule has 9 heteroatoms. The lowest BCUT2D eigenvalue weighted by atomic mass is 10.0. The van der Waals surface area contributed by atoms with E-state index in [-0.39, 0.29) is 30.1 Å². The van der Waals surface area contributed by atoms with E-state index in [1.54, 1.807) is 29.2 Å². The lowest BCUT2D eigenvalue weighted by Crippen LogP contribution is -2.51. The third kappa shape index (κ3) is 5.04. The number of urea groups is 1. The number of carbonyl (C=O) groups excluding carboxylic acids is 2. The van der Waals surface area contributed by atoms with Crippen LogP contribution >= 0.6 is 0 Å². The number of amides is 3. The Balaban J connectivity index is 1.36. The van der Waals surface area contributed by atoms with Gasteiger partial charge in [-0.1, -0.05) is 24.3 Å². The first kappa shape index (κ1) is 24.1. The van der Waals surface area contributed by atoms with Gasteiger partial charge in [-0.2, -0.15) is 13.2 Å². The van der Waals surface area contributed by atoms with Gasteiger partial charge >= 0.3 is 12.2 Å². The van der Waals surface area contributed by atoms with E-state index < -0.39 is 11.7 Å². The summed E-state index contributed by atoms with van der Waals surface area (Å²) in [6.45, 7) is 4.24. The van der Waals surface area contributed by atoms with Crippen molar-refractivity contribution in [2.24, 2.45) is 0 Å². The average Bonchev–Trinajstić information content (AvgIpc) is 3.48. The molecule has 4 rings (SSSR count). The average molecular weight is 475 g/mol. The van der Waals surface area contributed by atoms with Gasteiger partial charge < -0.3 is 20.4 Å². The maximum absolute atomic E-state index is 12.9. The number of hydrogen-bond donors (Lipinski definition) is 2. The van der Waals surface area contributed by atoms with Gasteiger partial charge in [-0.25, -0.2) is 4.79 Å². The van der Waals surface area contributed by atoms with Gasteiger partial charge in [0.2, 0.25) is 0 Å². The summed E-state index contributed by atoms with van der Waals surface area (Å²) in [7, 11) is 1.83. The van der Waals surface area contributed by atoms with Crippen molar-refractivity contribution in [2.75, 3.05) is 26.7 Å². The first-order valence-electron chi connectivity index (χ1n) is 11.5. The lowest BCUT2D eigenvalue weighted by molar-refractivity contribution is -0.137. The zero-order chi connectivity index (χ0) is 24.5. The molecule has 0 aromatic heterocycles. The van der Waals surface area contributed by atoms with Gasteiger partial charge in [0.1, 0.15) is 0 Å². The molecule has 0 aliphatic carbocycles. The fourth-order valence-electron chi connectivity index (χ4n) is 4.65. The Morgan fingerprint density at radius 1 is 1.03 bits per heavy atom. The first-order valence-corrected chi connectivity index (χ1v) is 11.5. The van der Waals surface area contributed by atoms with Crippen molar-refractivity contribution >= 4 is 11.9 Å². The molecule has 3 amide bonds. The molecule has 6 nitrogen and oxygen atoms in total. The van der Waals surface area contributed by atoms with Crippen LogP contribution in [0.5, 0.6) is 0 Å². The van der Waals surface area contributed by atoms with Gasteiger partial charge in [0.15, 0.2) is 0 Å². The molecule has 2 heterocycles. The summed E-state index contributed by atoms with van der Waals surface area (Å²) in [6.07, 6.45) is -2.76. The van der Waals surface area contributed by atoms with Crippen molar-refractivity contribution in [1.29, 1.82) is 0 Å². The molecule has 34 heavy (non-hydrogen) atoms. The zero-order valence-corrected chi connectivity index (χ0v) is 19.2. The van der Waals surface area contributed by atoms with Crippen molar-refractivity contribution in [3.63, 3.8) is 0 Å². The van der Waals surface area contributed by atoms with E-state index in [2.05, 4.69) is 10.6 Å². The first-order chi connectivity index (χ1) is 16.1. The molecular formula is C25H29F3N4O2. The second kappa shape index (κ2) is 9.66. The lowest BCUT2D eigenvalue weighted by Gasteiger charge is -2.32. The van der Waals surface area contributed by atoms with Gasteiger partial charge in [0, 0.05) is 31.7 Å². The van der Waals surface area contributed by atoms with Gasteiger partial charge in [-0.15, -0.1) is 0 Å². The minimum atomic E-state index is -4.37. The number of nitrogens with one attached hydrogen (secondary N) is 2. The topological polar surface area (TPSA) is 64.7 Å².